The molecule has 3 nitrogen and oxygen atoms in total. The van der Waals surface area contributed by atoms with Gasteiger partial charge in [0.25, 0.3) is 0 Å². The van der Waals surface area contributed by atoms with Crippen molar-refractivity contribution in [1.29, 1.82) is 5.26 Å². The Labute approximate surface area is 75.7 Å². The molecule has 2 rings (SSSR count). The van der Waals surface area contributed by atoms with Crippen molar-refractivity contribution < 1.29 is 4.84 Å². The molecule has 0 atom stereocenters. The van der Waals surface area contributed by atoms with Gasteiger partial charge in [0.15, 0.2) is 0 Å². The van der Waals surface area contributed by atoms with Crippen molar-refractivity contribution in [1.82, 2.24) is 4.73 Å². The average Bonchev–Trinajstić information content (AvgIpc) is 2.59. The lowest BCUT2D eigenvalue weighted by atomic mass is 10.2. The molecule has 64 valence electrons. The van der Waals surface area contributed by atoms with Gasteiger partial charge in [-0.15, -0.1) is 0 Å². The average molecular weight is 172 g/mol. The molecule has 0 fully saturated rings. The smallest absolute Gasteiger partial charge is 0.104 e. The predicted molar refractivity (Wildman–Crippen MR) is 49.2 cm³/mol. The maximum absolute atomic E-state index is 8.70. The summed E-state index contributed by atoms with van der Waals surface area (Å²) in [7, 11) is 1.60. The van der Waals surface area contributed by atoms with Gasteiger partial charge in [-0.05, 0) is 18.2 Å². The molecule has 0 saturated carbocycles. The van der Waals surface area contributed by atoms with Gasteiger partial charge in [-0.1, -0.05) is 6.07 Å². The molecule has 0 bridgehead atoms. The summed E-state index contributed by atoms with van der Waals surface area (Å²) in [5.41, 5.74) is 1.56. The van der Waals surface area contributed by atoms with E-state index < -0.39 is 0 Å². The van der Waals surface area contributed by atoms with E-state index in [1.165, 1.54) is 0 Å². The largest absolute Gasteiger partial charge is 0.417 e. The molecule has 1 aromatic heterocycles. The zero-order chi connectivity index (χ0) is 9.26. The summed E-state index contributed by atoms with van der Waals surface area (Å²) < 4.78 is 1.64. The number of aromatic nitrogens is 1. The molecule has 3 heteroatoms. The number of nitrogens with zero attached hydrogens (tertiary/aromatic N) is 2. The fourth-order valence-corrected chi connectivity index (χ4v) is 1.33. The second-order valence-electron chi connectivity index (χ2n) is 2.71. The van der Waals surface area contributed by atoms with E-state index in [-0.39, 0.29) is 0 Å². The lowest BCUT2D eigenvalue weighted by molar-refractivity contribution is 0.179. The Bertz CT molecular complexity index is 479. The van der Waals surface area contributed by atoms with E-state index in [0.717, 1.165) is 10.9 Å². The van der Waals surface area contributed by atoms with Gasteiger partial charge in [0.05, 0.1) is 17.1 Å². The van der Waals surface area contributed by atoms with Crippen molar-refractivity contribution in [3.63, 3.8) is 0 Å². The number of hydrogen-bond acceptors (Lipinski definition) is 2. The first-order chi connectivity index (χ1) is 6.35. The molecule has 0 aliphatic rings. The summed E-state index contributed by atoms with van der Waals surface area (Å²) >= 11 is 0. The molecule has 0 spiro atoms. The highest BCUT2D eigenvalue weighted by Gasteiger charge is 2.00. The molecule has 13 heavy (non-hydrogen) atoms. The molecule has 0 amide bonds. The predicted octanol–water partition coefficient (Wildman–Crippen LogP) is 1.57. The van der Waals surface area contributed by atoms with E-state index in [1.54, 1.807) is 24.0 Å². The van der Waals surface area contributed by atoms with Crippen molar-refractivity contribution in [3.05, 3.63) is 36.0 Å². The maximum atomic E-state index is 8.70. The van der Waals surface area contributed by atoms with Crippen LogP contribution in [0.25, 0.3) is 10.9 Å². The van der Waals surface area contributed by atoms with Crippen LogP contribution >= 0.6 is 0 Å². The quantitative estimate of drug-likeness (QED) is 0.654. The minimum absolute atomic E-state index is 0.643. The Morgan fingerprint density at radius 3 is 2.92 bits per heavy atom. The van der Waals surface area contributed by atoms with E-state index in [0.29, 0.717) is 5.56 Å². The highest BCUT2D eigenvalue weighted by Crippen LogP contribution is 2.15. The van der Waals surface area contributed by atoms with Crippen LogP contribution in [0.4, 0.5) is 0 Å². The summed E-state index contributed by atoms with van der Waals surface area (Å²) in [4.78, 5) is 5.07. The molecule has 0 N–H and O–H groups in total. The number of nitriles is 1. The van der Waals surface area contributed by atoms with Crippen LogP contribution < -0.4 is 4.84 Å². The van der Waals surface area contributed by atoms with Gasteiger partial charge < -0.3 is 4.84 Å². The summed E-state index contributed by atoms with van der Waals surface area (Å²) in [5.74, 6) is 0. The first-order valence-electron chi connectivity index (χ1n) is 3.91. The Hall–Kier alpha value is -1.95. The molecule has 0 aliphatic heterocycles. The van der Waals surface area contributed by atoms with Gasteiger partial charge in [0.2, 0.25) is 0 Å². The third-order valence-corrected chi connectivity index (χ3v) is 1.98. The van der Waals surface area contributed by atoms with E-state index in [9.17, 15) is 0 Å². The standard InChI is InChI=1S/C10H8N2O/c1-13-12-5-4-9-3-2-8(7-11)6-10(9)12/h2-6H,1H3. The number of rotatable bonds is 1. The third kappa shape index (κ3) is 1.13. The van der Waals surface area contributed by atoms with Gasteiger partial charge in [0.1, 0.15) is 7.11 Å². The molecule has 2 aromatic rings. The highest BCUT2D eigenvalue weighted by molar-refractivity contribution is 5.81. The maximum Gasteiger partial charge on any atom is 0.104 e. The van der Waals surface area contributed by atoms with Gasteiger partial charge >= 0.3 is 0 Å². The van der Waals surface area contributed by atoms with Crippen LogP contribution in [0.5, 0.6) is 0 Å². The highest BCUT2D eigenvalue weighted by atomic mass is 16.6. The third-order valence-electron chi connectivity index (χ3n) is 1.98. The van der Waals surface area contributed by atoms with Crippen LogP contribution in [-0.4, -0.2) is 11.8 Å². The van der Waals surface area contributed by atoms with Crippen LogP contribution in [0.2, 0.25) is 0 Å². The second-order valence-corrected chi connectivity index (χ2v) is 2.71. The molecular weight excluding hydrogens is 164 g/mol. The van der Waals surface area contributed by atoms with Crippen molar-refractivity contribution >= 4 is 10.9 Å². The fourth-order valence-electron chi connectivity index (χ4n) is 1.33. The Kier molecular flexibility index (Phi) is 1.67. The monoisotopic (exact) mass is 172 g/mol. The molecule has 0 saturated heterocycles. The van der Waals surface area contributed by atoms with E-state index in [2.05, 4.69) is 6.07 Å². The molecule has 0 radical (unpaired) electrons. The number of fused-ring (bicyclic) bond motifs is 1. The Morgan fingerprint density at radius 1 is 1.38 bits per heavy atom. The molecule has 0 unspecified atom stereocenters. The Morgan fingerprint density at radius 2 is 2.23 bits per heavy atom. The first-order valence-corrected chi connectivity index (χ1v) is 3.91. The SMILES string of the molecule is COn1ccc2ccc(C#N)cc21. The number of hydrogen-bond donors (Lipinski definition) is 0. The van der Waals surface area contributed by atoms with Gasteiger partial charge in [-0.25, -0.2) is 0 Å². The molecular formula is C10H8N2O. The summed E-state index contributed by atoms with van der Waals surface area (Å²) in [5, 5.41) is 9.77. The van der Waals surface area contributed by atoms with Crippen molar-refractivity contribution in [2.75, 3.05) is 7.11 Å². The van der Waals surface area contributed by atoms with E-state index >= 15 is 0 Å². The summed E-state index contributed by atoms with van der Waals surface area (Å²) in [6.07, 6.45) is 1.83. The minimum Gasteiger partial charge on any atom is -0.417 e. The zero-order valence-corrected chi connectivity index (χ0v) is 7.19. The lowest BCUT2D eigenvalue weighted by Crippen LogP contribution is -2.02. The molecule has 1 aromatic carbocycles. The molecule has 0 aliphatic carbocycles. The van der Waals surface area contributed by atoms with Crippen molar-refractivity contribution in [2.45, 2.75) is 0 Å². The fraction of sp³-hybridized carbons (Fsp3) is 0.100. The van der Waals surface area contributed by atoms with Crippen LogP contribution in [0.3, 0.4) is 0 Å². The van der Waals surface area contributed by atoms with Gasteiger partial charge in [-0.2, -0.15) is 9.99 Å². The zero-order valence-electron chi connectivity index (χ0n) is 7.19. The second kappa shape index (κ2) is 2.83. The first kappa shape index (κ1) is 7.69. The summed E-state index contributed by atoms with van der Waals surface area (Å²) in [6, 6.07) is 9.54. The van der Waals surface area contributed by atoms with Gasteiger partial charge in [0, 0.05) is 11.6 Å². The summed E-state index contributed by atoms with van der Waals surface area (Å²) in [6.45, 7) is 0. The van der Waals surface area contributed by atoms with Crippen molar-refractivity contribution in [2.24, 2.45) is 0 Å². The minimum atomic E-state index is 0.643. The van der Waals surface area contributed by atoms with Crippen LogP contribution in [0.1, 0.15) is 5.56 Å². The molecule has 1 heterocycles. The van der Waals surface area contributed by atoms with E-state index in [4.69, 9.17) is 10.1 Å². The Balaban J connectivity index is 2.73. The topological polar surface area (TPSA) is 38.0 Å². The normalized spacial score (nSPS) is 9.85. The van der Waals surface area contributed by atoms with Crippen LogP contribution in [-0.2, 0) is 0 Å². The van der Waals surface area contributed by atoms with Crippen LogP contribution in [0, 0.1) is 11.3 Å². The number of benzene rings is 1. The van der Waals surface area contributed by atoms with Gasteiger partial charge in [-0.3, -0.25) is 0 Å². The lowest BCUT2D eigenvalue weighted by Gasteiger charge is -2.01. The van der Waals surface area contributed by atoms with E-state index in [1.807, 2.05) is 18.3 Å². The van der Waals surface area contributed by atoms with Crippen LogP contribution in [0.15, 0.2) is 30.5 Å². The van der Waals surface area contributed by atoms with Crippen molar-refractivity contribution in [3.8, 4) is 6.07 Å².